The van der Waals surface area contributed by atoms with Crippen molar-refractivity contribution in [1.29, 1.82) is 0 Å². The highest BCUT2D eigenvalue weighted by atomic mass is 35.5. The molecule has 1 amide bonds. The van der Waals surface area contributed by atoms with Crippen molar-refractivity contribution in [3.8, 4) is 5.75 Å². The molecule has 4 rings (SSSR count). The van der Waals surface area contributed by atoms with Gasteiger partial charge < -0.3 is 19.9 Å². The number of carbonyl (C=O) groups excluding carboxylic acids is 1. The van der Waals surface area contributed by atoms with Gasteiger partial charge in [0, 0.05) is 24.2 Å². The summed E-state index contributed by atoms with van der Waals surface area (Å²) < 4.78 is 7.78. The van der Waals surface area contributed by atoms with E-state index in [0.29, 0.717) is 29.7 Å². The number of benzene rings is 2. The standard InChI is InChI=1S/C20H21ClN4O2.ClH/c21-14-5-7-16(8-6-14)27-13-19-23-17-3-1-2-4-18(17)25(19)12-20(26)24-10-9-15(22)11-24;/h1-8,15H,9-13,22H2;1H/t15-;/m1./s1. The van der Waals surface area contributed by atoms with Crippen LogP contribution in [0, 0.1) is 0 Å². The summed E-state index contributed by atoms with van der Waals surface area (Å²) in [6, 6.07) is 15.0. The summed E-state index contributed by atoms with van der Waals surface area (Å²) >= 11 is 5.91. The van der Waals surface area contributed by atoms with E-state index < -0.39 is 0 Å². The van der Waals surface area contributed by atoms with Crippen molar-refractivity contribution >= 4 is 40.9 Å². The Morgan fingerprint density at radius 3 is 2.68 bits per heavy atom. The predicted molar refractivity (Wildman–Crippen MR) is 112 cm³/mol. The number of hydrogen-bond acceptors (Lipinski definition) is 4. The minimum absolute atomic E-state index is 0. The molecule has 2 aromatic carbocycles. The molecule has 28 heavy (non-hydrogen) atoms. The van der Waals surface area contributed by atoms with Gasteiger partial charge in [-0.15, -0.1) is 12.4 Å². The molecule has 148 valence electrons. The zero-order valence-corrected chi connectivity index (χ0v) is 16.8. The number of rotatable bonds is 5. The second-order valence-corrected chi connectivity index (χ2v) is 7.17. The minimum atomic E-state index is 0. The number of hydrogen-bond donors (Lipinski definition) is 1. The molecule has 3 aromatic rings. The van der Waals surface area contributed by atoms with Gasteiger partial charge >= 0.3 is 0 Å². The summed E-state index contributed by atoms with van der Waals surface area (Å²) in [6.45, 7) is 1.82. The van der Waals surface area contributed by atoms with E-state index in [0.717, 1.165) is 17.5 Å². The van der Waals surface area contributed by atoms with Gasteiger partial charge in [-0.1, -0.05) is 23.7 Å². The first kappa shape index (κ1) is 20.5. The number of amides is 1. The molecule has 0 spiro atoms. The third kappa shape index (κ3) is 4.41. The highest BCUT2D eigenvalue weighted by molar-refractivity contribution is 6.30. The fraction of sp³-hybridized carbons (Fsp3) is 0.300. The Morgan fingerprint density at radius 2 is 1.96 bits per heavy atom. The van der Waals surface area contributed by atoms with Crippen LogP contribution in [0.4, 0.5) is 0 Å². The Kier molecular flexibility index (Phi) is 6.44. The summed E-state index contributed by atoms with van der Waals surface area (Å²) in [6.07, 6.45) is 0.850. The molecule has 0 saturated carbocycles. The first-order valence-corrected chi connectivity index (χ1v) is 9.34. The van der Waals surface area contributed by atoms with Gasteiger partial charge in [0.05, 0.1) is 11.0 Å². The van der Waals surface area contributed by atoms with E-state index in [1.54, 1.807) is 12.1 Å². The number of nitrogens with zero attached hydrogens (tertiary/aromatic N) is 3. The Bertz CT molecular complexity index is 958. The van der Waals surface area contributed by atoms with E-state index in [9.17, 15) is 4.79 Å². The Hall–Kier alpha value is -2.28. The molecular weight excluding hydrogens is 399 g/mol. The molecule has 0 radical (unpaired) electrons. The van der Waals surface area contributed by atoms with Gasteiger partial charge in [-0.25, -0.2) is 4.98 Å². The summed E-state index contributed by atoms with van der Waals surface area (Å²) in [5.41, 5.74) is 7.70. The van der Waals surface area contributed by atoms with E-state index in [2.05, 4.69) is 4.98 Å². The van der Waals surface area contributed by atoms with Crippen molar-refractivity contribution in [3.63, 3.8) is 0 Å². The van der Waals surface area contributed by atoms with Gasteiger partial charge in [0.15, 0.2) is 0 Å². The van der Waals surface area contributed by atoms with Gasteiger partial charge in [0.25, 0.3) is 0 Å². The SMILES string of the molecule is Cl.N[C@@H]1CCN(C(=O)Cn2c(COc3ccc(Cl)cc3)nc3ccccc32)C1. The number of carbonyl (C=O) groups is 1. The summed E-state index contributed by atoms with van der Waals surface area (Å²) in [5.74, 6) is 1.47. The molecule has 1 saturated heterocycles. The van der Waals surface area contributed by atoms with Crippen molar-refractivity contribution in [2.24, 2.45) is 5.73 Å². The Morgan fingerprint density at radius 1 is 1.21 bits per heavy atom. The van der Waals surface area contributed by atoms with Gasteiger partial charge in [0.1, 0.15) is 24.7 Å². The number of likely N-dealkylation sites (tertiary alicyclic amines) is 1. The molecule has 2 heterocycles. The van der Waals surface area contributed by atoms with E-state index >= 15 is 0 Å². The van der Waals surface area contributed by atoms with E-state index in [4.69, 9.17) is 22.1 Å². The Balaban J connectivity index is 0.00000225. The van der Waals surface area contributed by atoms with Crippen LogP contribution in [0.1, 0.15) is 12.2 Å². The molecule has 1 aliphatic rings. The number of ether oxygens (including phenoxy) is 1. The number of aromatic nitrogens is 2. The second-order valence-electron chi connectivity index (χ2n) is 6.73. The normalized spacial score (nSPS) is 16.2. The largest absolute Gasteiger partial charge is 0.486 e. The lowest BCUT2D eigenvalue weighted by atomic mass is 10.3. The van der Waals surface area contributed by atoms with Crippen LogP contribution in [-0.4, -0.2) is 39.5 Å². The van der Waals surface area contributed by atoms with Crippen LogP contribution in [0.2, 0.25) is 5.02 Å². The third-order valence-corrected chi connectivity index (χ3v) is 5.04. The molecule has 6 nitrogen and oxygen atoms in total. The first-order valence-electron chi connectivity index (χ1n) is 8.96. The first-order chi connectivity index (χ1) is 13.1. The summed E-state index contributed by atoms with van der Waals surface area (Å²) in [4.78, 5) is 19.2. The highest BCUT2D eigenvalue weighted by Crippen LogP contribution is 2.20. The average Bonchev–Trinajstić information content (AvgIpc) is 3.25. The lowest BCUT2D eigenvalue weighted by Gasteiger charge is -2.17. The zero-order chi connectivity index (χ0) is 18.8. The van der Waals surface area contributed by atoms with Crippen molar-refractivity contribution in [2.45, 2.75) is 25.6 Å². The fourth-order valence-electron chi connectivity index (χ4n) is 3.34. The van der Waals surface area contributed by atoms with Crippen LogP contribution in [0.15, 0.2) is 48.5 Å². The summed E-state index contributed by atoms with van der Waals surface area (Å²) in [7, 11) is 0. The fourth-order valence-corrected chi connectivity index (χ4v) is 3.47. The van der Waals surface area contributed by atoms with Gasteiger partial charge in [-0.2, -0.15) is 0 Å². The van der Waals surface area contributed by atoms with E-state index in [1.807, 2.05) is 45.9 Å². The number of imidazole rings is 1. The molecule has 0 bridgehead atoms. The molecule has 0 unspecified atom stereocenters. The average molecular weight is 421 g/mol. The topological polar surface area (TPSA) is 73.4 Å². The molecule has 0 aliphatic carbocycles. The molecule has 1 fully saturated rings. The number of fused-ring (bicyclic) bond motifs is 1. The predicted octanol–water partition coefficient (Wildman–Crippen LogP) is 3.25. The number of halogens is 2. The summed E-state index contributed by atoms with van der Waals surface area (Å²) in [5, 5.41) is 0.656. The van der Waals surface area contributed by atoms with Gasteiger partial charge in [-0.05, 0) is 42.8 Å². The van der Waals surface area contributed by atoms with E-state index in [-0.39, 0.29) is 37.5 Å². The van der Waals surface area contributed by atoms with Crippen LogP contribution in [0.5, 0.6) is 5.75 Å². The maximum Gasteiger partial charge on any atom is 0.242 e. The van der Waals surface area contributed by atoms with Crippen LogP contribution >= 0.6 is 24.0 Å². The molecule has 1 aromatic heterocycles. The molecule has 1 atom stereocenters. The van der Waals surface area contributed by atoms with Crippen LogP contribution < -0.4 is 10.5 Å². The lowest BCUT2D eigenvalue weighted by molar-refractivity contribution is -0.130. The smallest absolute Gasteiger partial charge is 0.242 e. The van der Waals surface area contributed by atoms with Crippen LogP contribution in [0.25, 0.3) is 11.0 Å². The highest BCUT2D eigenvalue weighted by Gasteiger charge is 2.25. The monoisotopic (exact) mass is 420 g/mol. The third-order valence-electron chi connectivity index (χ3n) is 4.79. The zero-order valence-electron chi connectivity index (χ0n) is 15.3. The molecular formula is C20H22Cl2N4O2. The maximum absolute atomic E-state index is 12.7. The second kappa shape index (κ2) is 8.82. The minimum Gasteiger partial charge on any atom is -0.486 e. The molecule has 1 aliphatic heterocycles. The molecule has 8 heteroatoms. The van der Waals surface area contributed by atoms with Crippen LogP contribution in [-0.2, 0) is 17.9 Å². The van der Waals surface area contributed by atoms with E-state index in [1.165, 1.54) is 0 Å². The molecule has 2 N–H and O–H groups in total. The lowest BCUT2D eigenvalue weighted by Crippen LogP contribution is -2.34. The van der Waals surface area contributed by atoms with Crippen molar-refractivity contribution in [2.75, 3.05) is 13.1 Å². The van der Waals surface area contributed by atoms with Gasteiger partial charge in [-0.3, -0.25) is 4.79 Å². The van der Waals surface area contributed by atoms with Gasteiger partial charge in [0.2, 0.25) is 5.91 Å². The van der Waals surface area contributed by atoms with Crippen molar-refractivity contribution in [1.82, 2.24) is 14.5 Å². The quantitative estimate of drug-likeness (QED) is 0.687. The Labute approximate surface area is 174 Å². The maximum atomic E-state index is 12.7. The van der Waals surface area contributed by atoms with Crippen molar-refractivity contribution < 1.29 is 9.53 Å². The number of para-hydroxylation sites is 2. The van der Waals surface area contributed by atoms with Crippen molar-refractivity contribution in [3.05, 3.63) is 59.4 Å². The number of nitrogens with two attached hydrogens (primary N) is 1. The van der Waals surface area contributed by atoms with Crippen LogP contribution in [0.3, 0.4) is 0 Å².